The number of amides is 1. The molecule has 2 aliphatic rings. The highest BCUT2D eigenvalue weighted by molar-refractivity contribution is 5.85. The van der Waals surface area contributed by atoms with Gasteiger partial charge in [-0.2, -0.15) is 0 Å². The van der Waals surface area contributed by atoms with Gasteiger partial charge in [0.2, 0.25) is 5.91 Å². The molecule has 1 heterocycles. The number of likely N-dealkylation sites (tertiary alicyclic amines) is 1. The number of carbonyl (C=O) groups is 1. The maximum Gasteiger partial charge on any atom is 0.224 e. The van der Waals surface area contributed by atoms with Crippen LogP contribution in [0.25, 0.3) is 0 Å². The zero-order valence-corrected chi connectivity index (χ0v) is 12.9. The van der Waals surface area contributed by atoms with Crippen molar-refractivity contribution in [3.05, 3.63) is 35.9 Å². The van der Waals surface area contributed by atoms with Crippen LogP contribution in [-0.2, 0) is 4.79 Å². The van der Waals surface area contributed by atoms with Gasteiger partial charge in [0.05, 0.1) is 0 Å². The molecule has 1 aliphatic carbocycles. The van der Waals surface area contributed by atoms with Gasteiger partial charge in [0.25, 0.3) is 0 Å². The lowest BCUT2D eigenvalue weighted by Gasteiger charge is -2.23. The van der Waals surface area contributed by atoms with Crippen LogP contribution >= 0.6 is 12.4 Å². The van der Waals surface area contributed by atoms with Gasteiger partial charge in [-0.15, -0.1) is 12.4 Å². The highest BCUT2D eigenvalue weighted by Gasteiger charge is 2.62. The van der Waals surface area contributed by atoms with Gasteiger partial charge in [-0.1, -0.05) is 44.2 Å². The lowest BCUT2D eigenvalue weighted by Crippen LogP contribution is -2.34. The SMILES string of the molecule is CC1(C)C2CN(C(=O)CC(N)c3ccccc3)CC21.Cl. The monoisotopic (exact) mass is 294 g/mol. The average molecular weight is 295 g/mol. The molecule has 4 heteroatoms. The predicted octanol–water partition coefficient (Wildman–Crippen LogP) is 2.61. The third-order valence-corrected chi connectivity index (χ3v) is 5.10. The molecule has 110 valence electrons. The van der Waals surface area contributed by atoms with Crippen LogP contribution in [0.15, 0.2) is 30.3 Å². The second-order valence-corrected chi connectivity index (χ2v) is 6.55. The zero-order valence-electron chi connectivity index (χ0n) is 12.1. The summed E-state index contributed by atoms with van der Waals surface area (Å²) in [6, 6.07) is 9.69. The Balaban J connectivity index is 0.00000147. The highest BCUT2D eigenvalue weighted by Crippen LogP contribution is 2.61. The van der Waals surface area contributed by atoms with Gasteiger partial charge in [-0.25, -0.2) is 0 Å². The summed E-state index contributed by atoms with van der Waals surface area (Å²) in [5, 5.41) is 0. The standard InChI is InChI=1S/C16H22N2O.ClH/c1-16(2)12-9-18(10-13(12)16)15(19)8-14(17)11-6-4-3-5-7-11;/h3-7,12-14H,8-10,17H2,1-2H3;1H. The summed E-state index contributed by atoms with van der Waals surface area (Å²) in [5.74, 6) is 1.63. The van der Waals surface area contributed by atoms with Crippen molar-refractivity contribution in [2.45, 2.75) is 26.3 Å². The van der Waals surface area contributed by atoms with E-state index >= 15 is 0 Å². The number of halogens is 1. The molecule has 3 nitrogen and oxygen atoms in total. The Morgan fingerprint density at radius 1 is 1.30 bits per heavy atom. The van der Waals surface area contributed by atoms with E-state index in [-0.39, 0.29) is 24.4 Å². The topological polar surface area (TPSA) is 46.3 Å². The van der Waals surface area contributed by atoms with Gasteiger partial charge in [0.1, 0.15) is 0 Å². The number of hydrogen-bond donors (Lipinski definition) is 1. The molecular formula is C16H23ClN2O. The Hall–Kier alpha value is -1.06. The molecule has 1 saturated heterocycles. The molecule has 20 heavy (non-hydrogen) atoms. The lowest BCUT2D eigenvalue weighted by atomic mass is 10.0. The molecule has 1 aromatic rings. The van der Waals surface area contributed by atoms with Gasteiger partial charge >= 0.3 is 0 Å². The first-order chi connectivity index (χ1) is 9.00. The molecule has 0 aromatic heterocycles. The van der Waals surface area contributed by atoms with E-state index in [0.29, 0.717) is 23.7 Å². The van der Waals surface area contributed by atoms with E-state index in [1.54, 1.807) is 0 Å². The molecule has 3 unspecified atom stereocenters. The molecule has 1 aliphatic heterocycles. The fourth-order valence-corrected chi connectivity index (χ4v) is 3.47. The van der Waals surface area contributed by atoms with Crippen molar-refractivity contribution >= 4 is 18.3 Å². The van der Waals surface area contributed by atoms with E-state index in [0.717, 1.165) is 18.7 Å². The minimum Gasteiger partial charge on any atom is -0.342 e. The molecule has 3 rings (SSSR count). The molecule has 2 fully saturated rings. The first-order valence-electron chi connectivity index (χ1n) is 7.08. The number of carbonyl (C=O) groups excluding carboxylic acids is 1. The van der Waals surface area contributed by atoms with Gasteiger partial charge in [-0.3, -0.25) is 4.79 Å². The van der Waals surface area contributed by atoms with Crippen molar-refractivity contribution < 1.29 is 4.79 Å². The molecule has 0 spiro atoms. The Morgan fingerprint density at radius 2 is 1.85 bits per heavy atom. The maximum atomic E-state index is 12.3. The van der Waals surface area contributed by atoms with Gasteiger partial charge in [-0.05, 0) is 22.8 Å². The summed E-state index contributed by atoms with van der Waals surface area (Å²) < 4.78 is 0. The Kier molecular flexibility index (Phi) is 4.12. The summed E-state index contributed by atoms with van der Waals surface area (Å²) in [6.07, 6.45) is 0.421. The van der Waals surface area contributed by atoms with Crippen LogP contribution < -0.4 is 5.73 Å². The second-order valence-electron chi connectivity index (χ2n) is 6.55. The number of piperidine rings is 1. The van der Waals surface area contributed by atoms with E-state index < -0.39 is 0 Å². The smallest absolute Gasteiger partial charge is 0.224 e. The van der Waals surface area contributed by atoms with Crippen molar-refractivity contribution in [2.24, 2.45) is 23.0 Å². The van der Waals surface area contributed by atoms with E-state index in [4.69, 9.17) is 5.73 Å². The fraction of sp³-hybridized carbons (Fsp3) is 0.562. The summed E-state index contributed by atoms with van der Waals surface area (Å²) in [6.45, 7) is 6.47. The summed E-state index contributed by atoms with van der Waals surface area (Å²) in [4.78, 5) is 14.3. The van der Waals surface area contributed by atoms with Crippen molar-refractivity contribution in [3.63, 3.8) is 0 Å². The molecule has 1 amide bonds. The predicted molar refractivity (Wildman–Crippen MR) is 82.6 cm³/mol. The normalized spacial score (nSPS) is 27.4. The Bertz CT molecular complexity index is 475. The van der Waals surface area contributed by atoms with Gasteiger partial charge < -0.3 is 10.6 Å². The van der Waals surface area contributed by atoms with Crippen LogP contribution in [0.2, 0.25) is 0 Å². The molecule has 1 saturated carbocycles. The van der Waals surface area contributed by atoms with Crippen molar-refractivity contribution in [3.8, 4) is 0 Å². The van der Waals surface area contributed by atoms with Crippen molar-refractivity contribution in [1.82, 2.24) is 4.90 Å². The molecule has 0 bridgehead atoms. The van der Waals surface area contributed by atoms with E-state index in [9.17, 15) is 4.79 Å². The number of nitrogens with two attached hydrogens (primary N) is 1. The fourth-order valence-electron chi connectivity index (χ4n) is 3.47. The van der Waals surface area contributed by atoms with Gasteiger partial charge in [0.15, 0.2) is 0 Å². The first kappa shape index (κ1) is 15.3. The summed E-state index contributed by atoms with van der Waals surface area (Å²) >= 11 is 0. The zero-order chi connectivity index (χ0) is 13.6. The molecule has 0 radical (unpaired) electrons. The van der Waals surface area contributed by atoms with Crippen LogP contribution in [0.1, 0.15) is 31.9 Å². The Morgan fingerprint density at radius 3 is 2.40 bits per heavy atom. The number of rotatable bonds is 3. The third kappa shape index (κ3) is 2.57. The van der Waals surface area contributed by atoms with Crippen LogP contribution in [0.4, 0.5) is 0 Å². The van der Waals surface area contributed by atoms with Crippen molar-refractivity contribution in [1.29, 1.82) is 0 Å². The van der Waals surface area contributed by atoms with E-state index in [2.05, 4.69) is 13.8 Å². The molecule has 1 aromatic carbocycles. The average Bonchev–Trinajstić information content (AvgIpc) is 2.81. The Labute approximate surface area is 126 Å². The van der Waals surface area contributed by atoms with Crippen LogP contribution in [0.3, 0.4) is 0 Å². The van der Waals surface area contributed by atoms with E-state index in [1.165, 1.54) is 0 Å². The van der Waals surface area contributed by atoms with E-state index in [1.807, 2.05) is 35.2 Å². The minimum absolute atomic E-state index is 0. The largest absolute Gasteiger partial charge is 0.342 e. The van der Waals surface area contributed by atoms with Crippen LogP contribution in [-0.4, -0.2) is 23.9 Å². The second kappa shape index (κ2) is 5.38. The quantitative estimate of drug-likeness (QED) is 0.931. The van der Waals surface area contributed by atoms with Crippen LogP contribution in [0.5, 0.6) is 0 Å². The summed E-state index contributed by atoms with van der Waals surface area (Å²) in [5.41, 5.74) is 7.61. The minimum atomic E-state index is -0.182. The first-order valence-corrected chi connectivity index (χ1v) is 7.08. The van der Waals surface area contributed by atoms with Crippen molar-refractivity contribution in [2.75, 3.05) is 13.1 Å². The number of hydrogen-bond acceptors (Lipinski definition) is 2. The lowest BCUT2D eigenvalue weighted by molar-refractivity contribution is -0.131. The molecular weight excluding hydrogens is 272 g/mol. The number of benzene rings is 1. The number of nitrogens with zero attached hydrogens (tertiary/aromatic N) is 1. The highest BCUT2D eigenvalue weighted by atomic mass is 35.5. The van der Waals surface area contributed by atoms with Crippen LogP contribution in [0, 0.1) is 17.3 Å². The molecule has 2 N–H and O–H groups in total. The number of fused-ring (bicyclic) bond motifs is 1. The van der Waals surface area contributed by atoms with Gasteiger partial charge in [0, 0.05) is 25.6 Å². The maximum absolute atomic E-state index is 12.3. The third-order valence-electron chi connectivity index (χ3n) is 5.10. The molecule has 3 atom stereocenters. The summed E-state index contributed by atoms with van der Waals surface area (Å²) in [7, 11) is 0.